The van der Waals surface area contributed by atoms with Crippen LogP contribution in [0.25, 0.3) is 0 Å². The first kappa shape index (κ1) is 20.4. The SMILES string of the molecule is COCCOc1c(Br)cc(C(C)(C)c2cc(Br)cc(Br)c2)cc1Br. The summed E-state index contributed by atoms with van der Waals surface area (Å²) in [5.74, 6) is 0.794. The molecular weight excluding hydrogens is 568 g/mol. The minimum absolute atomic E-state index is 0.164. The fourth-order valence-electron chi connectivity index (χ4n) is 2.37. The van der Waals surface area contributed by atoms with Gasteiger partial charge in [-0.05, 0) is 73.3 Å². The van der Waals surface area contributed by atoms with Crippen molar-refractivity contribution in [1.29, 1.82) is 0 Å². The maximum Gasteiger partial charge on any atom is 0.147 e. The second-order valence-corrected chi connectivity index (χ2v) is 9.43. The molecule has 0 N–H and O–H groups in total. The minimum atomic E-state index is -0.164. The number of hydrogen-bond acceptors (Lipinski definition) is 2. The van der Waals surface area contributed by atoms with Crippen molar-refractivity contribution < 1.29 is 9.47 Å². The Morgan fingerprint density at radius 1 is 0.792 bits per heavy atom. The first-order valence-corrected chi connectivity index (χ1v) is 10.5. The average Bonchev–Trinajstić information content (AvgIpc) is 2.48. The van der Waals surface area contributed by atoms with Gasteiger partial charge in [0.1, 0.15) is 12.4 Å². The third-order valence-electron chi connectivity index (χ3n) is 3.84. The van der Waals surface area contributed by atoms with E-state index in [-0.39, 0.29) is 5.41 Å². The fraction of sp³-hybridized carbons (Fsp3) is 0.333. The van der Waals surface area contributed by atoms with Crippen molar-refractivity contribution in [2.24, 2.45) is 0 Å². The van der Waals surface area contributed by atoms with Crippen molar-refractivity contribution in [2.75, 3.05) is 20.3 Å². The second kappa shape index (κ2) is 8.67. The highest BCUT2D eigenvalue weighted by atomic mass is 79.9. The van der Waals surface area contributed by atoms with Gasteiger partial charge in [0.25, 0.3) is 0 Å². The molecule has 0 atom stereocenters. The number of hydrogen-bond donors (Lipinski definition) is 0. The molecule has 2 nitrogen and oxygen atoms in total. The molecule has 2 aromatic carbocycles. The zero-order chi connectivity index (χ0) is 17.9. The lowest BCUT2D eigenvalue weighted by molar-refractivity contribution is 0.145. The van der Waals surface area contributed by atoms with Crippen molar-refractivity contribution in [2.45, 2.75) is 19.3 Å². The Balaban J connectivity index is 2.40. The number of halogens is 4. The van der Waals surface area contributed by atoms with Crippen LogP contribution in [-0.4, -0.2) is 20.3 Å². The monoisotopic (exact) mass is 582 g/mol. The topological polar surface area (TPSA) is 18.5 Å². The second-order valence-electron chi connectivity index (χ2n) is 5.89. The molecule has 0 aliphatic heterocycles. The van der Waals surface area contributed by atoms with Crippen molar-refractivity contribution in [1.82, 2.24) is 0 Å². The van der Waals surface area contributed by atoms with Crippen molar-refractivity contribution in [3.8, 4) is 5.75 Å². The van der Waals surface area contributed by atoms with E-state index in [2.05, 4.69) is 102 Å². The van der Waals surface area contributed by atoms with Gasteiger partial charge in [-0.3, -0.25) is 0 Å². The summed E-state index contributed by atoms with van der Waals surface area (Å²) >= 11 is 14.4. The van der Waals surface area contributed by atoms with Crippen LogP contribution in [-0.2, 0) is 10.2 Å². The van der Waals surface area contributed by atoms with Gasteiger partial charge in [0.2, 0.25) is 0 Å². The third kappa shape index (κ3) is 4.85. The molecule has 2 rings (SSSR count). The van der Waals surface area contributed by atoms with Crippen LogP contribution in [0.5, 0.6) is 5.75 Å². The summed E-state index contributed by atoms with van der Waals surface area (Å²) in [5.41, 5.74) is 2.24. The van der Waals surface area contributed by atoms with E-state index in [1.54, 1.807) is 7.11 Å². The lowest BCUT2D eigenvalue weighted by atomic mass is 9.78. The van der Waals surface area contributed by atoms with Crippen molar-refractivity contribution >= 4 is 63.7 Å². The molecule has 24 heavy (non-hydrogen) atoms. The first-order valence-electron chi connectivity index (χ1n) is 7.33. The molecule has 0 aliphatic carbocycles. The Morgan fingerprint density at radius 2 is 1.29 bits per heavy atom. The van der Waals surface area contributed by atoms with Crippen LogP contribution in [0.15, 0.2) is 48.2 Å². The minimum Gasteiger partial charge on any atom is -0.489 e. The Hall–Kier alpha value is 0.120. The molecule has 0 fully saturated rings. The van der Waals surface area contributed by atoms with Crippen LogP contribution in [0.2, 0.25) is 0 Å². The molecule has 0 aromatic heterocycles. The summed E-state index contributed by atoms with van der Waals surface area (Å²) in [4.78, 5) is 0. The molecule has 130 valence electrons. The summed E-state index contributed by atoms with van der Waals surface area (Å²) in [6.45, 7) is 5.48. The van der Waals surface area contributed by atoms with Crippen LogP contribution in [0.4, 0.5) is 0 Å². The van der Waals surface area contributed by atoms with E-state index in [4.69, 9.17) is 9.47 Å². The zero-order valence-corrected chi connectivity index (χ0v) is 20.0. The van der Waals surface area contributed by atoms with Crippen molar-refractivity contribution in [3.63, 3.8) is 0 Å². The van der Waals surface area contributed by atoms with Gasteiger partial charge in [0.05, 0.1) is 15.6 Å². The summed E-state index contributed by atoms with van der Waals surface area (Å²) in [6.07, 6.45) is 0. The van der Waals surface area contributed by atoms with E-state index in [0.29, 0.717) is 13.2 Å². The zero-order valence-electron chi connectivity index (χ0n) is 13.6. The van der Waals surface area contributed by atoms with E-state index < -0.39 is 0 Å². The van der Waals surface area contributed by atoms with Gasteiger partial charge in [-0.25, -0.2) is 0 Å². The van der Waals surface area contributed by atoms with Crippen LogP contribution in [0.1, 0.15) is 25.0 Å². The normalized spacial score (nSPS) is 11.6. The first-order chi connectivity index (χ1) is 11.3. The van der Waals surface area contributed by atoms with E-state index in [0.717, 1.165) is 23.6 Å². The lowest BCUT2D eigenvalue weighted by Gasteiger charge is -2.28. The highest BCUT2D eigenvalue weighted by Crippen LogP contribution is 2.41. The largest absolute Gasteiger partial charge is 0.489 e. The average molecular weight is 586 g/mol. The fourth-order valence-corrected chi connectivity index (χ4v) is 5.08. The Bertz CT molecular complexity index is 686. The van der Waals surface area contributed by atoms with Crippen LogP contribution < -0.4 is 4.74 Å². The molecular formula is C18H18Br4O2. The van der Waals surface area contributed by atoms with Gasteiger partial charge in [-0.15, -0.1) is 0 Å². The Morgan fingerprint density at radius 3 is 1.79 bits per heavy atom. The molecule has 0 saturated heterocycles. The van der Waals surface area contributed by atoms with Gasteiger partial charge >= 0.3 is 0 Å². The van der Waals surface area contributed by atoms with E-state index >= 15 is 0 Å². The predicted octanol–water partition coefficient (Wildman–Crippen LogP) is 7.09. The molecule has 0 radical (unpaired) electrons. The molecule has 2 aromatic rings. The molecule has 6 heteroatoms. The van der Waals surface area contributed by atoms with Gasteiger partial charge in [0, 0.05) is 21.5 Å². The molecule has 0 heterocycles. The van der Waals surface area contributed by atoms with Gasteiger partial charge in [-0.2, -0.15) is 0 Å². The van der Waals surface area contributed by atoms with E-state index in [9.17, 15) is 0 Å². The van der Waals surface area contributed by atoms with E-state index in [1.807, 2.05) is 6.07 Å². The Labute approximate surface area is 176 Å². The molecule has 0 unspecified atom stereocenters. The van der Waals surface area contributed by atoms with Crippen LogP contribution in [0, 0.1) is 0 Å². The van der Waals surface area contributed by atoms with Gasteiger partial charge in [-0.1, -0.05) is 45.7 Å². The predicted molar refractivity (Wildman–Crippen MR) is 113 cm³/mol. The quantitative estimate of drug-likeness (QED) is 0.337. The molecule has 0 amide bonds. The standard InChI is InChI=1S/C18H18Br4O2/c1-18(2,11-6-13(19)10-14(20)7-11)12-8-15(21)17(16(22)9-12)24-5-4-23-3/h6-10H,4-5H2,1-3H3. The number of ether oxygens (including phenoxy) is 2. The Kier molecular flexibility index (Phi) is 7.38. The van der Waals surface area contributed by atoms with Gasteiger partial charge in [0.15, 0.2) is 0 Å². The highest BCUT2D eigenvalue weighted by Gasteiger charge is 2.26. The number of benzene rings is 2. The number of rotatable bonds is 6. The van der Waals surface area contributed by atoms with Crippen molar-refractivity contribution in [3.05, 3.63) is 59.3 Å². The van der Waals surface area contributed by atoms with Gasteiger partial charge < -0.3 is 9.47 Å². The maximum atomic E-state index is 5.79. The molecule has 0 saturated carbocycles. The summed E-state index contributed by atoms with van der Waals surface area (Å²) in [6, 6.07) is 10.6. The number of methoxy groups -OCH3 is 1. The molecule has 0 bridgehead atoms. The summed E-state index contributed by atoms with van der Waals surface area (Å²) in [7, 11) is 1.66. The summed E-state index contributed by atoms with van der Waals surface area (Å²) in [5, 5.41) is 0. The smallest absolute Gasteiger partial charge is 0.147 e. The maximum absolute atomic E-state index is 5.79. The molecule has 0 spiro atoms. The third-order valence-corrected chi connectivity index (χ3v) is 5.93. The van der Waals surface area contributed by atoms with E-state index in [1.165, 1.54) is 11.1 Å². The van der Waals surface area contributed by atoms with Crippen LogP contribution >= 0.6 is 63.7 Å². The highest BCUT2D eigenvalue weighted by molar-refractivity contribution is 9.11. The lowest BCUT2D eigenvalue weighted by Crippen LogP contribution is -2.19. The molecule has 0 aliphatic rings. The van der Waals surface area contributed by atoms with Crippen LogP contribution in [0.3, 0.4) is 0 Å². The summed E-state index contributed by atoms with van der Waals surface area (Å²) < 4.78 is 14.8.